The van der Waals surface area contributed by atoms with Crippen LogP contribution in [-0.4, -0.2) is 14.5 Å². The standard InChI is InChI=1S/C41H29N3/c1-41(2)34-17-9-6-14-29(34)30-22-20-27(24-35(30)41)28-21-23-32-31-15-8-11-19-37(31)44(38(32)25-28)40-42-36-18-10-7-16-33(36)39(43-40)26-12-4-3-5-13-26/h3-25H,1-2H3. The predicted octanol–water partition coefficient (Wildman–Crippen LogP) is 10.4. The van der Waals surface area contributed by atoms with E-state index in [2.05, 4.69) is 146 Å². The van der Waals surface area contributed by atoms with Crippen LogP contribution in [0.5, 0.6) is 0 Å². The summed E-state index contributed by atoms with van der Waals surface area (Å²) in [5.74, 6) is 0.677. The van der Waals surface area contributed by atoms with Gasteiger partial charge in [0.1, 0.15) is 0 Å². The largest absolute Gasteiger partial charge is 0.278 e. The van der Waals surface area contributed by atoms with Gasteiger partial charge in [-0.05, 0) is 57.6 Å². The van der Waals surface area contributed by atoms with Crippen molar-refractivity contribution in [2.24, 2.45) is 0 Å². The maximum atomic E-state index is 5.26. The molecule has 8 aromatic rings. The van der Waals surface area contributed by atoms with Crippen LogP contribution in [0.1, 0.15) is 25.0 Å². The fraction of sp³-hybridized carbons (Fsp3) is 0.0732. The van der Waals surface area contributed by atoms with E-state index in [1.165, 1.54) is 44.2 Å². The summed E-state index contributed by atoms with van der Waals surface area (Å²) in [5.41, 5.74) is 12.9. The Morgan fingerprint density at radius 3 is 2.02 bits per heavy atom. The van der Waals surface area contributed by atoms with E-state index in [0.29, 0.717) is 5.95 Å². The summed E-state index contributed by atoms with van der Waals surface area (Å²) in [6.07, 6.45) is 0. The van der Waals surface area contributed by atoms with Crippen molar-refractivity contribution in [3.63, 3.8) is 0 Å². The van der Waals surface area contributed by atoms with Crippen molar-refractivity contribution in [1.29, 1.82) is 0 Å². The molecule has 208 valence electrons. The second-order valence-corrected chi connectivity index (χ2v) is 12.3. The van der Waals surface area contributed by atoms with E-state index in [0.717, 1.165) is 33.2 Å². The molecule has 0 aliphatic heterocycles. The van der Waals surface area contributed by atoms with Crippen molar-refractivity contribution in [3.8, 4) is 39.5 Å². The van der Waals surface area contributed by atoms with Gasteiger partial charge in [-0.1, -0.05) is 129 Å². The van der Waals surface area contributed by atoms with Crippen LogP contribution in [0.25, 0.3) is 72.2 Å². The minimum atomic E-state index is -0.0479. The molecule has 0 saturated heterocycles. The zero-order valence-electron chi connectivity index (χ0n) is 24.6. The molecule has 3 heteroatoms. The second-order valence-electron chi connectivity index (χ2n) is 12.3. The topological polar surface area (TPSA) is 30.7 Å². The number of fused-ring (bicyclic) bond motifs is 7. The average molecular weight is 564 g/mol. The van der Waals surface area contributed by atoms with Crippen LogP contribution in [-0.2, 0) is 5.41 Å². The van der Waals surface area contributed by atoms with Crippen LogP contribution in [0.3, 0.4) is 0 Å². The number of nitrogens with zero attached hydrogens (tertiary/aromatic N) is 3. The minimum absolute atomic E-state index is 0.0479. The summed E-state index contributed by atoms with van der Waals surface area (Å²) in [6, 6.07) is 49.9. The van der Waals surface area contributed by atoms with E-state index >= 15 is 0 Å². The Morgan fingerprint density at radius 2 is 1.14 bits per heavy atom. The molecular weight excluding hydrogens is 534 g/mol. The lowest BCUT2D eigenvalue weighted by atomic mass is 9.81. The SMILES string of the molecule is CC1(C)c2ccccc2-c2ccc(-c3ccc4c5ccccc5n(-c5nc(-c6ccccc6)c6ccccc6n5)c4c3)cc21. The first kappa shape index (κ1) is 25.0. The molecule has 2 aromatic heterocycles. The van der Waals surface area contributed by atoms with Crippen molar-refractivity contribution in [2.75, 3.05) is 0 Å². The monoisotopic (exact) mass is 563 g/mol. The molecule has 0 bridgehead atoms. The van der Waals surface area contributed by atoms with Gasteiger partial charge in [0.2, 0.25) is 5.95 Å². The van der Waals surface area contributed by atoms with E-state index in [-0.39, 0.29) is 5.41 Å². The predicted molar refractivity (Wildman–Crippen MR) is 182 cm³/mol. The first-order valence-electron chi connectivity index (χ1n) is 15.2. The number of aromatic nitrogens is 3. The Hall–Kier alpha value is -5.54. The lowest BCUT2D eigenvalue weighted by molar-refractivity contribution is 0.660. The zero-order chi connectivity index (χ0) is 29.4. The highest BCUT2D eigenvalue weighted by Crippen LogP contribution is 2.49. The fourth-order valence-electron chi connectivity index (χ4n) is 7.23. The molecule has 1 aliphatic rings. The van der Waals surface area contributed by atoms with Gasteiger partial charge in [-0.15, -0.1) is 0 Å². The summed E-state index contributed by atoms with van der Waals surface area (Å²) >= 11 is 0. The molecule has 44 heavy (non-hydrogen) atoms. The summed E-state index contributed by atoms with van der Waals surface area (Å²) in [4.78, 5) is 10.4. The van der Waals surface area contributed by atoms with E-state index in [1.807, 2.05) is 12.1 Å². The first-order chi connectivity index (χ1) is 21.6. The highest BCUT2D eigenvalue weighted by molar-refractivity contribution is 6.10. The maximum Gasteiger partial charge on any atom is 0.235 e. The van der Waals surface area contributed by atoms with Gasteiger partial charge in [0, 0.05) is 27.1 Å². The van der Waals surface area contributed by atoms with Gasteiger partial charge in [0.25, 0.3) is 0 Å². The molecule has 0 amide bonds. The summed E-state index contributed by atoms with van der Waals surface area (Å²) in [6.45, 7) is 4.67. The molecule has 0 fully saturated rings. The Labute approximate surface area is 256 Å². The normalized spacial score (nSPS) is 13.4. The molecule has 2 heterocycles. The summed E-state index contributed by atoms with van der Waals surface area (Å²) in [7, 11) is 0. The van der Waals surface area contributed by atoms with Gasteiger partial charge in [-0.25, -0.2) is 9.97 Å². The lowest BCUT2D eigenvalue weighted by Crippen LogP contribution is -2.14. The average Bonchev–Trinajstić information content (AvgIpc) is 3.53. The molecule has 6 aromatic carbocycles. The van der Waals surface area contributed by atoms with Crippen molar-refractivity contribution in [2.45, 2.75) is 19.3 Å². The van der Waals surface area contributed by atoms with Gasteiger partial charge in [-0.2, -0.15) is 0 Å². The quantitative estimate of drug-likeness (QED) is 0.214. The Balaban J connectivity index is 1.28. The zero-order valence-corrected chi connectivity index (χ0v) is 24.6. The van der Waals surface area contributed by atoms with Crippen LogP contribution in [0.15, 0.2) is 140 Å². The molecule has 0 spiro atoms. The van der Waals surface area contributed by atoms with Gasteiger partial charge < -0.3 is 0 Å². The molecular formula is C41H29N3. The summed E-state index contributed by atoms with van der Waals surface area (Å²) in [5, 5.41) is 3.43. The number of para-hydroxylation sites is 2. The molecule has 0 atom stereocenters. The Morgan fingerprint density at radius 1 is 0.477 bits per heavy atom. The number of benzene rings is 6. The van der Waals surface area contributed by atoms with Crippen LogP contribution in [0, 0.1) is 0 Å². The molecule has 0 saturated carbocycles. The third-order valence-electron chi connectivity index (χ3n) is 9.43. The first-order valence-corrected chi connectivity index (χ1v) is 15.2. The third-order valence-corrected chi connectivity index (χ3v) is 9.43. The highest BCUT2D eigenvalue weighted by Gasteiger charge is 2.35. The molecule has 0 radical (unpaired) electrons. The number of hydrogen-bond acceptors (Lipinski definition) is 2. The molecule has 0 N–H and O–H groups in total. The van der Waals surface area contributed by atoms with Gasteiger partial charge >= 0.3 is 0 Å². The second kappa shape index (κ2) is 9.23. The van der Waals surface area contributed by atoms with Gasteiger partial charge in [0.15, 0.2) is 0 Å². The maximum absolute atomic E-state index is 5.26. The van der Waals surface area contributed by atoms with Gasteiger partial charge in [-0.3, -0.25) is 4.57 Å². The smallest absolute Gasteiger partial charge is 0.235 e. The van der Waals surface area contributed by atoms with Crippen LogP contribution in [0.2, 0.25) is 0 Å². The van der Waals surface area contributed by atoms with E-state index < -0.39 is 0 Å². The number of hydrogen-bond donors (Lipinski definition) is 0. The summed E-state index contributed by atoms with van der Waals surface area (Å²) < 4.78 is 2.24. The van der Waals surface area contributed by atoms with Crippen LogP contribution < -0.4 is 0 Å². The highest BCUT2D eigenvalue weighted by atomic mass is 15.2. The van der Waals surface area contributed by atoms with Crippen molar-refractivity contribution in [3.05, 3.63) is 151 Å². The van der Waals surface area contributed by atoms with Crippen molar-refractivity contribution >= 4 is 32.7 Å². The van der Waals surface area contributed by atoms with Crippen LogP contribution >= 0.6 is 0 Å². The number of rotatable bonds is 3. The van der Waals surface area contributed by atoms with E-state index in [9.17, 15) is 0 Å². The third kappa shape index (κ3) is 3.56. The molecule has 9 rings (SSSR count). The van der Waals surface area contributed by atoms with E-state index in [1.54, 1.807) is 0 Å². The molecule has 1 aliphatic carbocycles. The van der Waals surface area contributed by atoms with Crippen LogP contribution in [0.4, 0.5) is 0 Å². The van der Waals surface area contributed by atoms with Crippen molar-refractivity contribution in [1.82, 2.24) is 14.5 Å². The fourth-order valence-corrected chi connectivity index (χ4v) is 7.23. The Bertz CT molecular complexity index is 2410. The molecule has 3 nitrogen and oxygen atoms in total. The van der Waals surface area contributed by atoms with Gasteiger partial charge in [0.05, 0.1) is 22.2 Å². The molecule has 0 unspecified atom stereocenters. The Kier molecular flexibility index (Phi) is 5.24. The van der Waals surface area contributed by atoms with Crippen molar-refractivity contribution < 1.29 is 0 Å². The minimum Gasteiger partial charge on any atom is -0.278 e. The lowest BCUT2D eigenvalue weighted by Gasteiger charge is -2.22. The van der Waals surface area contributed by atoms with E-state index in [4.69, 9.17) is 9.97 Å².